The average Bonchev–Trinajstić information content (AvgIpc) is 2.43. The summed E-state index contributed by atoms with van der Waals surface area (Å²) in [6, 6.07) is 0. The van der Waals surface area contributed by atoms with Crippen LogP contribution in [0.1, 0.15) is 47.8 Å². The minimum atomic E-state index is -2.11. The Hall–Kier alpha value is 0.641. The number of hydrogen-bond acceptors (Lipinski definition) is 6. The number of aliphatic carboxylic acids is 1. The molecule has 26 heavy (non-hydrogen) atoms. The second kappa shape index (κ2) is 27.9. The van der Waals surface area contributed by atoms with Gasteiger partial charge >= 0.3 is 54.9 Å². The summed E-state index contributed by atoms with van der Waals surface area (Å²) in [5.41, 5.74) is 0. The normalized spacial score (nSPS) is 13.4. The molecule has 0 aliphatic heterocycles. The molecule has 0 aliphatic carbocycles. The Morgan fingerprint density at radius 3 is 1.50 bits per heavy atom. The third-order valence-electron chi connectivity index (χ3n) is 3.23. The van der Waals surface area contributed by atoms with E-state index in [4.69, 9.17) is 15.3 Å². The van der Waals surface area contributed by atoms with E-state index < -0.39 is 30.4 Å². The third-order valence-corrected chi connectivity index (χ3v) is 3.23. The van der Waals surface area contributed by atoms with Gasteiger partial charge < -0.3 is 60.9 Å². The zero-order chi connectivity index (χ0) is 15.5. The summed E-state index contributed by atoms with van der Waals surface area (Å²) in [5.74, 6) is -1.65. The quantitative estimate of drug-likeness (QED) is 0.107. The van der Waals surface area contributed by atoms with Crippen LogP contribution in [0.15, 0.2) is 0 Å². The fraction of sp³-hybridized carbons (Fsp3) is 0.923. The predicted molar refractivity (Wildman–Crippen MR) is 97.1 cm³/mol. The first-order chi connectivity index (χ1) is 9.41. The van der Waals surface area contributed by atoms with Crippen molar-refractivity contribution in [2.24, 2.45) is 0 Å². The van der Waals surface area contributed by atoms with Gasteiger partial charge in [0, 0.05) is 6.61 Å². The number of carboxylic acids is 1. The first-order valence-corrected chi connectivity index (χ1v) is 6.97. The van der Waals surface area contributed by atoms with Gasteiger partial charge in [0.1, 0.15) is 12.2 Å². The van der Waals surface area contributed by atoms with Crippen molar-refractivity contribution in [3.63, 3.8) is 0 Å². The van der Waals surface area contributed by atoms with Gasteiger partial charge in [-0.15, -0.1) is 0 Å². The summed E-state index contributed by atoms with van der Waals surface area (Å²) < 4.78 is 0. The van der Waals surface area contributed by atoms with Gasteiger partial charge in [-0.2, -0.15) is 0 Å². The molecule has 0 aromatic rings. The van der Waals surface area contributed by atoms with E-state index in [9.17, 15) is 20.1 Å². The molecule has 0 bridgehead atoms. The van der Waals surface area contributed by atoms with Crippen molar-refractivity contribution >= 4 is 54.9 Å². The first kappa shape index (κ1) is 45.4. The Morgan fingerprint density at radius 1 is 0.731 bits per heavy atom. The Morgan fingerprint density at radius 2 is 1.12 bits per heavy atom. The van der Waals surface area contributed by atoms with Gasteiger partial charge in [0.05, 0.1) is 6.10 Å². The number of hydrogen-bond donors (Lipinski definition) is 6. The monoisotopic (exact) mass is 524 g/mol. The van der Waals surface area contributed by atoms with E-state index in [0.29, 0.717) is 6.42 Å². The molecular formula is C13H38BaO12. The van der Waals surface area contributed by atoms with Crippen LogP contribution in [-0.2, 0) is 4.79 Å². The van der Waals surface area contributed by atoms with Crippen LogP contribution in [0, 0.1) is 0 Å². The Labute approximate surface area is 195 Å². The summed E-state index contributed by atoms with van der Waals surface area (Å²) >= 11 is 0. The van der Waals surface area contributed by atoms with E-state index in [-0.39, 0.29) is 92.1 Å². The van der Waals surface area contributed by atoms with Gasteiger partial charge in [-0.3, -0.25) is 0 Å². The number of unbranched alkanes of at least 4 members (excludes halogenated alkanes) is 5. The van der Waals surface area contributed by atoms with Gasteiger partial charge in [0.2, 0.25) is 0 Å². The molecule has 0 aromatic heterocycles. The Kier molecular flexibility index (Phi) is 48.6. The molecule has 0 rings (SSSR count). The molecule has 0 fully saturated rings. The van der Waals surface area contributed by atoms with Gasteiger partial charge in [-0.05, 0) is 12.8 Å². The largest absolute Gasteiger partial charge is 2.00 e. The summed E-state index contributed by atoms with van der Waals surface area (Å²) in [6.45, 7) is 0.189. The van der Waals surface area contributed by atoms with Crippen molar-refractivity contribution in [3.05, 3.63) is 0 Å². The molecule has 4 atom stereocenters. The van der Waals surface area contributed by atoms with Crippen molar-refractivity contribution in [3.8, 4) is 0 Å². The van der Waals surface area contributed by atoms with Crippen molar-refractivity contribution in [1.82, 2.24) is 0 Å². The van der Waals surface area contributed by atoms with Gasteiger partial charge in [-0.25, -0.2) is 4.79 Å². The number of carbonyl (C=O) groups is 1. The van der Waals surface area contributed by atoms with Gasteiger partial charge in [0.15, 0.2) is 6.10 Å². The Balaban J connectivity index is -0.0000000645. The third kappa shape index (κ3) is 20.9. The zero-order valence-corrected chi connectivity index (χ0v) is 19.2. The molecule has 0 heterocycles. The second-order valence-electron chi connectivity index (χ2n) is 4.97. The van der Waals surface area contributed by atoms with Crippen molar-refractivity contribution in [1.29, 1.82) is 0 Å². The fourth-order valence-corrected chi connectivity index (χ4v) is 1.90. The van der Waals surface area contributed by atoms with Crippen LogP contribution in [0.3, 0.4) is 0 Å². The van der Waals surface area contributed by atoms with Crippen LogP contribution >= 0.6 is 0 Å². The molecule has 4 unspecified atom stereocenters. The molecule has 0 spiro atoms. The van der Waals surface area contributed by atoms with E-state index in [1.807, 2.05) is 0 Å². The molecular weight excluding hydrogens is 485 g/mol. The molecule has 0 radical (unpaired) electrons. The van der Waals surface area contributed by atoms with E-state index in [1.54, 1.807) is 0 Å². The summed E-state index contributed by atoms with van der Waals surface area (Å²) in [7, 11) is 0. The van der Waals surface area contributed by atoms with Crippen molar-refractivity contribution in [2.45, 2.75) is 69.4 Å². The Bertz CT molecular complexity index is 282. The maximum absolute atomic E-state index is 10.4. The molecule has 0 aromatic carbocycles. The summed E-state index contributed by atoms with van der Waals surface area (Å²) in [5, 5.41) is 54.6. The number of rotatable bonds is 12. The van der Waals surface area contributed by atoms with Gasteiger partial charge in [-0.1, -0.05) is 32.1 Å². The number of aliphatic hydroxyl groups excluding tert-OH is 5. The van der Waals surface area contributed by atoms with E-state index in [1.165, 1.54) is 0 Å². The fourth-order valence-electron chi connectivity index (χ4n) is 1.90. The van der Waals surface area contributed by atoms with Crippen molar-refractivity contribution in [2.75, 3.05) is 6.61 Å². The number of carboxylic acid groups (broad SMARTS) is 1. The predicted octanol–water partition coefficient (Wildman–Crippen LogP) is -5.04. The molecule has 0 saturated heterocycles. The maximum Gasteiger partial charge on any atom is 2.00 e. The van der Waals surface area contributed by atoms with Crippen LogP contribution in [0.5, 0.6) is 0 Å². The molecule has 12 nitrogen and oxygen atoms in total. The minimum Gasteiger partial charge on any atom is -1.00 e. The summed E-state index contributed by atoms with van der Waals surface area (Å²) in [4.78, 5) is 10.4. The SMILES string of the molecule is O.O.O.O.O.O=C(O)C(O)C(O)C(O)C(O)CCCCCCCCO.[Ba+2].[H-].[H-]. The van der Waals surface area contributed by atoms with Crippen LogP contribution in [-0.4, -0.2) is 144 Å². The minimum absolute atomic E-state index is 0. The molecule has 0 aliphatic rings. The van der Waals surface area contributed by atoms with Crippen LogP contribution in [0.2, 0.25) is 0 Å². The standard InChI is InChI=1S/C13H26O7.Ba.5H2O.2H/c14-8-6-4-2-1-3-5-7-9(15)10(16)11(17)12(18)13(19)20;;;;;;;;/h9-12,14-18H,1-8H2,(H,19,20);;5*1H2;;/q;+2;;;;;;2*-1. The molecule has 164 valence electrons. The maximum atomic E-state index is 10.4. The summed E-state index contributed by atoms with van der Waals surface area (Å²) in [6.07, 6.45) is -1.61. The first-order valence-electron chi connectivity index (χ1n) is 6.97. The zero-order valence-electron chi connectivity index (χ0n) is 16.8. The second-order valence-corrected chi connectivity index (χ2v) is 4.97. The molecule has 13 heteroatoms. The van der Waals surface area contributed by atoms with Crippen molar-refractivity contribution < 1.29 is 65.7 Å². The molecule has 16 N–H and O–H groups in total. The molecule has 0 saturated carbocycles. The topological polar surface area (TPSA) is 296 Å². The van der Waals surface area contributed by atoms with Crippen LogP contribution < -0.4 is 0 Å². The number of aliphatic hydroxyl groups is 5. The molecule has 0 amide bonds. The van der Waals surface area contributed by atoms with E-state index >= 15 is 0 Å². The van der Waals surface area contributed by atoms with Crippen LogP contribution in [0.4, 0.5) is 0 Å². The van der Waals surface area contributed by atoms with Gasteiger partial charge in [0.25, 0.3) is 0 Å². The van der Waals surface area contributed by atoms with Crippen LogP contribution in [0.25, 0.3) is 0 Å². The van der Waals surface area contributed by atoms with E-state index in [0.717, 1.165) is 32.1 Å². The average molecular weight is 524 g/mol. The van der Waals surface area contributed by atoms with E-state index in [2.05, 4.69) is 0 Å². The smallest absolute Gasteiger partial charge is 1.00 e.